The molecule has 1 aromatic carbocycles. The van der Waals surface area contributed by atoms with Crippen molar-refractivity contribution in [3.05, 3.63) is 35.8 Å². The molecule has 1 aliphatic carbocycles. The zero-order chi connectivity index (χ0) is 18.9. The maximum Gasteiger partial charge on any atom is 0.315 e. The molecule has 0 atom stereocenters. The van der Waals surface area contributed by atoms with Gasteiger partial charge in [-0.1, -0.05) is 19.3 Å². The predicted molar refractivity (Wildman–Crippen MR) is 109 cm³/mol. The van der Waals surface area contributed by atoms with E-state index in [-0.39, 0.29) is 11.9 Å². The fourth-order valence-corrected chi connectivity index (χ4v) is 3.86. The van der Waals surface area contributed by atoms with Crippen molar-refractivity contribution >= 4 is 29.0 Å². The highest BCUT2D eigenvalue weighted by Gasteiger charge is 2.15. The SMILES string of the molecule is O=C(CCCNC(=O)NC1CCCCC1)Nc1ccc(-c2nccs2)cc1. The summed E-state index contributed by atoms with van der Waals surface area (Å²) in [6, 6.07) is 7.83. The van der Waals surface area contributed by atoms with Gasteiger partial charge in [-0.05, 0) is 43.5 Å². The van der Waals surface area contributed by atoms with Gasteiger partial charge in [0.15, 0.2) is 0 Å². The molecule has 3 rings (SSSR count). The van der Waals surface area contributed by atoms with Crippen molar-refractivity contribution in [1.29, 1.82) is 0 Å². The lowest BCUT2D eigenvalue weighted by molar-refractivity contribution is -0.116. The van der Waals surface area contributed by atoms with Gasteiger partial charge in [0.05, 0.1) is 0 Å². The molecule has 0 saturated heterocycles. The number of urea groups is 1. The smallest absolute Gasteiger partial charge is 0.315 e. The average molecular weight is 387 g/mol. The number of aromatic nitrogens is 1. The van der Waals surface area contributed by atoms with Crippen LogP contribution in [-0.2, 0) is 4.79 Å². The largest absolute Gasteiger partial charge is 0.338 e. The minimum Gasteiger partial charge on any atom is -0.338 e. The third-order valence-electron chi connectivity index (χ3n) is 4.65. The van der Waals surface area contributed by atoms with Gasteiger partial charge in [0, 0.05) is 41.8 Å². The van der Waals surface area contributed by atoms with Crippen LogP contribution in [0.15, 0.2) is 35.8 Å². The lowest BCUT2D eigenvalue weighted by Crippen LogP contribution is -2.43. The van der Waals surface area contributed by atoms with Crippen LogP contribution in [0.3, 0.4) is 0 Å². The summed E-state index contributed by atoms with van der Waals surface area (Å²) in [4.78, 5) is 28.2. The Labute approximate surface area is 163 Å². The number of benzene rings is 1. The molecule has 144 valence electrons. The summed E-state index contributed by atoms with van der Waals surface area (Å²) in [6.07, 6.45) is 8.54. The van der Waals surface area contributed by atoms with Crippen LogP contribution < -0.4 is 16.0 Å². The first-order valence-electron chi connectivity index (χ1n) is 9.55. The number of carbonyl (C=O) groups is 2. The number of hydrogen-bond acceptors (Lipinski definition) is 4. The molecule has 7 heteroatoms. The molecule has 1 aliphatic rings. The third kappa shape index (κ3) is 6.36. The van der Waals surface area contributed by atoms with E-state index in [4.69, 9.17) is 0 Å². The van der Waals surface area contributed by atoms with E-state index < -0.39 is 0 Å². The summed E-state index contributed by atoms with van der Waals surface area (Å²) in [7, 11) is 0. The van der Waals surface area contributed by atoms with Crippen molar-refractivity contribution in [2.45, 2.75) is 51.0 Å². The Morgan fingerprint density at radius 3 is 2.59 bits per heavy atom. The van der Waals surface area contributed by atoms with Crippen LogP contribution in [0.4, 0.5) is 10.5 Å². The highest BCUT2D eigenvalue weighted by molar-refractivity contribution is 7.13. The molecule has 0 bridgehead atoms. The Balaban J connectivity index is 1.32. The van der Waals surface area contributed by atoms with Crippen LogP contribution in [0.2, 0.25) is 0 Å². The molecule has 2 aromatic rings. The van der Waals surface area contributed by atoms with Gasteiger partial charge in [-0.25, -0.2) is 9.78 Å². The number of hydrogen-bond donors (Lipinski definition) is 3. The first-order chi connectivity index (χ1) is 13.2. The number of thiazole rings is 1. The number of nitrogens with zero attached hydrogens (tertiary/aromatic N) is 1. The minimum absolute atomic E-state index is 0.0495. The molecular weight excluding hydrogens is 360 g/mol. The first kappa shape index (κ1) is 19.4. The molecule has 1 heterocycles. The molecule has 27 heavy (non-hydrogen) atoms. The van der Waals surface area contributed by atoms with Crippen molar-refractivity contribution in [3.8, 4) is 10.6 Å². The second-order valence-electron chi connectivity index (χ2n) is 6.80. The van der Waals surface area contributed by atoms with Gasteiger partial charge < -0.3 is 16.0 Å². The Morgan fingerprint density at radius 1 is 1.11 bits per heavy atom. The van der Waals surface area contributed by atoms with E-state index in [1.54, 1.807) is 17.5 Å². The molecule has 1 fully saturated rings. The van der Waals surface area contributed by atoms with E-state index in [0.29, 0.717) is 25.4 Å². The summed E-state index contributed by atoms with van der Waals surface area (Å²) in [6.45, 7) is 0.495. The van der Waals surface area contributed by atoms with Crippen LogP contribution in [0.1, 0.15) is 44.9 Å². The zero-order valence-corrected chi connectivity index (χ0v) is 16.2. The van der Waals surface area contributed by atoms with Gasteiger partial charge in [-0.3, -0.25) is 4.79 Å². The number of rotatable bonds is 7. The molecular formula is C20H26N4O2S. The lowest BCUT2D eigenvalue weighted by atomic mass is 9.96. The van der Waals surface area contributed by atoms with Crippen molar-refractivity contribution in [3.63, 3.8) is 0 Å². The Hall–Kier alpha value is -2.41. The van der Waals surface area contributed by atoms with Gasteiger partial charge in [-0.2, -0.15) is 0 Å². The van der Waals surface area contributed by atoms with Crippen molar-refractivity contribution in [2.75, 3.05) is 11.9 Å². The summed E-state index contributed by atoms with van der Waals surface area (Å²) in [5.41, 5.74) is 1.81. The van der Waals surface area contributed by atoms with E-state index in [2.05, 4.69) is 20.9 Å². The number of carbonyl (C=O) groups excluding carboxylic acids is 2. The van der Waals surface area contributed by atoms with Crippen LogP contribution in [0.25, 0.3) is 10.6 Å². The highest BCUT2D eigenvalue weighted by atomic mass is 32.1. The molecule has 1 aromatic heterocycles. The monoisotopic (exact) mass is 386 g/mol. The van der Waals surface area contributed by atoms with E-state index in [1.165, 1.54) is 19.3 Å². The number of anilines is 1. The topological polar surface area (TPSA) is 83.1 Å². The fourth-order valence-electron chi connectivity index (χ4n) is 3.22. The second-order valence-corrected chi connectivity index (χ2v) is 7.70. The van der Waals surface area contributed by atoms with Gasteiger partial charge >= 0.3 is 6.03 Å². The lowest BCUT2D eigenvalue weighted by Gasteiger charge is -2.22. The quantitative estimate of drug-likeness (QED) is 0.625. The third-order valence-corrected chi connectivity index (χ3v) is 5.48. The van der Waals surface area contributed by atoms with Crippen molar-refractivity contribution < 1.29 is 9.59 Å². The van der Waals surface area contributed by atoms with E-state index in [9.17, 15) is 9.59 Å². The molecule has 3 N–H and O–H groups in total. The highest BCUT2D eigenvalue weighted by Crippen LogP contribution is 2.23. The van der Waals surface area contributed by atoms with Gasteiger partial charge in [-0.15, -0.1) is 11.3 Å². The molecule has 0 spiro atoms. The molecule has 6 nitrogen and oxygen atoms in total. The van der Waals surface area contributed by atoms with Crippen molar-refractivity contribution in [2.24, 2.45) is 0 Å². The zero-order valence-electron chi connectivity index (χ0n) is 15.4. The van der Waals surface area contributed by atoms with Crippen LogP contribution in [0, 0.1) is 0 Å². The summed E-state index contributed by atoms with van der Waals surface area (Å²) >= 11 is 1.58. The van der Waals surface area contributed by atoms with E-state index in [1.807, 2.05) is 29.6 Å². The van der Waals surface area contributed by atoms with E-state index in [0.717, 1.165) is 29.1 Å². The van der Waals surface area contributed by atoms with Crippen molar-refractivity contribution in [1.82, 2.24) is 15.6 Å². The molecule has 0 radical (unpaired) electrons. The normalized spacial score (nSPS) is 14.5. The Kier molecular flexibility index (Phi) is 7.21. The van der Waals surface area contributed by atoms with E-state index >= 15 is 0 Å². The maximum atomic E-state index is 12.0. The molecule has 0 unspecified atom stereocenters. The summed E-state index contributed by atoms with van der Waals surface area (Å²) < 4.78 is 0. The van der Waals surface area contributed by atoms with Crippen LogP contribution >= 0.6 is 11.3 Å². The second kappa shape index (κ2) is 10.1. The molecule has 3 amide bonds. The maximum absolute atomic E-state index is 12.0. The average Bonchev–Trinajstić information content (AvgIpc) is 3.21. The molecule has 0 aliphatic heterocycles. The van der Waals surface area contributed by atoms with Gasteiger partial charge in [0.2, 0.25) is 5.91 Å². The first-order valence-corrected chi connectivity index (χ1v) is 10.4. The fraction of sp³-hybridized carbons (Fsp3) is 0.450. The summed E-state index contributed by atoms with van der Waals surface area (Å²) in [5, 5.41) is 11.6. The van der Waals surface area contributed by atoms with Gasteiger partial charge in [0.25, 0.3) is 0 Å². The van der Waals surface area contributed by atoms with Crippen LogP contribution in [0.5, 0.6) is 0 Å². The number of nitrogens with one attached hydrogen (secondary N) is 3. The Morgan fingerprint density at radius 2 is 1.89 bits per heavy atom. The standard InChI is InChI=1S/C20H26N4O2S/c25-18(7-4-12-22-20(26)24-16-5-2-1-3-6-16)23-17-10-8-15(9-11-17)19-21-13-14-27-19/h8-11,13-14,16H,1-7,12H2,(H,23,25)(H2,22,24,26). The Bertz CT molecular complexity index is 725. The summed E-state index contributed by atoms with van der Waals surface area (Å²) in [5.74, 6) is -0.0495. The predicted octanol–water partition coefficient (Wildman–Crippen LogP) is 4.16. The minimum atomic E-state index is -0.125. The van der Waals surface area contributed by atoms with Gasteiger partial charge in [0.1, 0.15) is 5.01 Å². The van der Waals surface area contributed by atoms with Crippen LogP contribution in [-0.4, -0.2) is 29.5 Å². The number of amides is 3. The molecule has 1 saturated carbocycles.